The van der Waals surface area contributed by atoms with Gasteiger partial charge in [-0.3, -0.25) is 4.79 Å². The second-order valence-electron chi connectivity index (χ2n) is 7.23. The maximum absolute atomic E-state index is 11.6. The number of rotatable bonds is 6. The Balaban J connectivity index is 0.000000337. The van der Waals surface area contributed by atoms with E-state index in [-0.39, 0.29) is 11.7 Å². The molecule has 0 fully saturated rings. The molecule has 0 aromatic carbocycles. The minimum absolute atomic E-state index is 0.272. The summed E-state index contributed by atoms with van der Waals surface area (Å²) in [5, 5.41) is 11.1. The Kier molecular flexibility index (Phi) is 15.2. The van der Waals surface area contributed by atoms with Gasteiger partial charge < -0.3 is 15.5 Å². The van der Waals surface area contributed by atoms with Crippen molar-refractivity contribution in [3.63, 3.8) is 0 Å². The van der Waals surface area contributed by atoms with Gasteiger partial charge in [0.25, 0.3) is 5.91 Å². The van der Waals surface area contributed by atoms with Gasteiger partial charge in [-0.15, -0.1) is 22.4 Å². The average Bonchev–Trinajstić information content (AvgIpc) is 3.18. The number of nitrogens with two attached hydrogens (primary N) is 1. The number of amides is 1. The lowest BCUT2D eigenvalue weighted by Gasteiger charge is -2.02. The second-order valence-corrected chi connectivity index (χ2v) is 7.23. The number of hydrogen-bond donors (Lipinski definition) is 2. The molecule has 0 aliphatic heterocycles. The maximum Gasteiger partial charge on any atom is 0.291 e. The Hall–Kier alpha value is -4.12. The molecule has 2 aliphatic rings. The molecule has 1 aromatic heterocycles. The lowest BCUT2D eigenvalue weighted by Crippen LogP contribution is -2.21. The predicted molar refractivity (Wildman–Crippen MR) is 149 cm³/mol. The molecule has 1 heterocycles. The first-order chi connectivity index (χ1) is 17.5. The SMILES string of the molecule is CC1=C=CC(N=NC2=CCC=CC=C2)=CC=C1.CCl.C\C=C/C=C(N)\C=C(/C)NC(=O)c1ccco1. The highest BCUT2D eigenvalue weighted by atomic mass is 35.5. The highest BCUT2D eigenvalue weighted by Crippen LogP contribution is 2.11. The molecular formula is C29H33ClN4O2. The topological polar surface area (TPSA) is 93.0 Å². The van der Waals surface area contributed by atoms with E-state index in [0.29, 0.717) is 11.4 Å². The number of carbonyl (C=O) groups is 1. The minimum Gasteiger partial charge on any atom is -0.459 e. The van der Waals surface area contributed by atoms with Crippen molar-refractivity contribution in [3.8, 4) is 0 Å². The lowest BCUT2D eigenvalue weighted by molar-refractivity contribution is 0.0938. The fourth-order valence-electron chi connectivity index (χ4n) is 2.58. The number of azo groups is 1. The summed E-state index contributed by atoms with van der Waals surface area (Å²) in [4.78, 5) is 11.6. The number of allylic oxidation sites excluding steroid dienone is 14. The van der Waals surface area contributed by atoms with E-state index in [1.165, 1.54) is 12.6 Å². The number of hydrogen-bond acceptors (Lipinski definition) is 5. The third-order valence-corrected chi connectivity index (χ3v) is 4.24. The van der Waals surface area contributed by atoms with Crippen molar-refractivity contribution in [2.24, 2.45) is 16.0 Å². The van der Waals surface area contributed by atoms with E-state index in [1.54, 1.807) is 31.2 Å². The first kappa shape index (κ1) is 29.9. The Bertz CT molecular complexity index is 1180. The van der Waals surface area contributed by atoms with Gasteiger partial charge in [0.05, 0.1) is 17.7 Å². The molecule has 3 rings (SSSR count). The number of halogens is 1. The molecule has 0 bridgehead atoms. The molecule has 0 atom stereocenters. The highest BCUT2D eigenvalue weighted by Gasteiger charge is 2.07. The Morgan fingerprint density at radius 3 is 2.69 bits per heavy atom. The molecule has 6 nitrogen and oxygen atoms in total. The first-order valence-electron chi connectivity index (χ1n) is 11.2. The zero-order valence-corrected chi connectivity index (χ0v) is 21.9. The molecule has 2 aliphatic carbocycles. The van der Waals surface area contributed by atoms with Gasteiger partial charge in [-0.1, -0.05) is 48.6 Å². The molecule has 188 valence electrons. The molecule has 36 heavy (non-hydrogen) atoms. The summed E-state index contributed by atoms with van der Waals surface area (Å²) < 4.78 is 4.97. The predicted octanol–water partition coefficient (Wildman–Crippen LogP) is 7.58. The summed E-state index contributed by atoms with van der Waals surface area (Å²) in [5.41, 5.74) is 12.9. The van der Waals surface area contributed by atoms with Crippen molar-refractivity contribution in [1.29, 1.82) is 0 Å². The zero-order chi connectivity index (χ0) is 26.6. The van der Waals surface area contributed by atoms with Gasteiger partial charge in [-0.2, -0.15) is 5.11 Å². The Morgan fingerprint density at radius 2 is 1.97 bits per heavy atom. The van der Waals surface area contributed by atoms with Gasteiger partial charge in [0.2, 0.25) is 0 Å². The largest absolute Gasteiger partial charge is 0.459 e. The van der Waals surface area contributed by atoms with E-state index < -0.39 is 0 Å². The second kappa shape index (κ2) is 18.2. The average molecular weight is 505 g/mol. The minimum atomic E-state index is -0.289. The fourth-order valence-corrected chi connectivity index (χ4v) is 2.58. The highest BCUT2D eigenvalue weighted by molar-refractivity contribution is 6.15. The summed E-state index contributed by atoms with van der Waals surface area (Å²) in [6, 6.07) is 3.26. The van der Waals surface area contributed by atoms with Crippen LogP contribution in [0.5, 0.6) is 0 Å². The Morgan fingerprint density at radius 1 is 1.19 bits per heavy atom. The van der Waals surface area contributed by atoms with Gasteiger partial charge in [-0.25, -0.2) is 0 Å². The number of nitrogens with zero attached hydrogens (tertiary/aromatic N) is 2. The van der Waals surface area contributed by atoms with Crippen LogP contribution in [0.1, 0.15) is 37.7 Å². The van der Waals surface area contributed by atoms with Gasteiger partial charge in [0.15, 0.2) is 5.76 Å². The van der Waals surface area contributed by atoms with Crippen LogP contribution >= 0.6 is 11.6 Å². The van der Waals surface area contributed by atoms with Crippen molar-refractivity contribution in [1.82, 2.24) is 5.32 Å². The smallest absolute Gasteiger partial charge is 0.291 e. The molecule has 0 saturated heterocycles. The van der Waals surface area contributed by atoms with Crippen molar-refractivity contribution < 1.29 is 9.21 Å². The van der Waals surface area contributed by atoms with E-state index in [9.17, 15) is 4.79 Å². The number of alkyl halides is 1. The van der Waals surface area contributed by atoms with E-state index in [1.807, 2.05) is 74.6 Å². The van der Waals surface area contributed by atoms with Crippen LogP contribution in [0.3, 0.4) is 0 Å². The number of nitrogens with one attached hydrogen (secondary N) is 1. The zero-order valence-electron chi connectivity index (χ0n) is 21.1. The van der Waals surface area contributed by atoms with E-state index in [2.05, 4.69) is 39.0 Å². The summed E-state index contributed by atoms with van der Waals surface area (Å²) in [6.45, 7) is 5.67. The summed E-state index contributed by atoms with van der Waals surface area (Å²) >= 11 is 4.64. The van der Waals surface area contributed by atoms with Gasteiger partial charge in [0.1, 0.15) is 0 Å². The summed E-state index contributed by atoms with van der Waals surface area (Å²) in [5.74, 6) is -0.0173. The monoisotopic (exact) mass is 504 g/mol. The van der Waals surface area contributed by atoms with Crippen molar-refractivity contribution in [2.45, 2.75) is 27.2 Å². The van der Waals surface area contributed by atoms with Crippen LogP contribution in [0.4, 0.5) is 0 Å². The van der Waals surface area contributed by atoms with Gasteiger partial charge in [0, 0.05) is 23.9 Å². The Labute approximate surface area is 218 Å². The van der Waals surface area contributed by atoms with Crippen LogP contribution in [-0.4, -0.2) is 12.3 Å². The number of furan rings is 1. The van der Waals surface area contributed by atoms with Gasteiger partial charge in [-0.05, 0) is 69.2 Å². The van der Waals surface area contributed by atoms with Crippen LogP contribution < -0.4 is 11.1 Å². The van der Waals surface area contributed by atoms with Crippen LogP contribution in [0.2, 0.25) is 0 Å². The van der Waals surface area contributed by atoms with E-state index in [4.69, 9.17) is 10.2 Å². The first-order valence-corrected chi connectivity index (χ1v) is 12.0. The molecule has 7 heteroatoms. The molecule has 0 spiro atoms. The molecule has 1 aromatic rings. The quantitative estimate of drug-likeness (QED) is 0.181. The third kappa shape index (κ3) is 12.9. The van der Waals surface area contributed by atoms with Crippen LogP contribution in [0.15, 0.2) is 146 Å². The van der Waals surface area contributed by atoms with Crippen molar-refractivity contribution in [3.05, 3.63) is 137 Å². The van der Waals surface area contributed by atoms with Crippen LogP contribution in [0.25, 0.3) is 0 Å². The molecular weight excluding hydrogens is 472 g/mol. The molecule has 3 N–H and O–H groups in total. The van der Waals surface area contributed by atoms with Crippen molar-refractivity contribution >= 4 is 17.5 Å². The normalized spacial score (nSPS) is 15.2. The lowest BCUT2D eigenvalue weighted by atomic mass is 10.3. The van der Waals surface area contributed by atoms with Crippen LogP contribution in [0, 0.1) is 0 Å². The standard InChI is InChI=1S/C15H14N2.C13H16N2O2.CH3Cl/c1-13-7-6-10-15(12-11-13)17-16-14-8-4-2-3-5-9-14;1-3-4-6-11(14)9-10(2)15-13(16)12-7-5-8-17-12;1-2/h2-4,6-10,12H,5H2,1H3;3-9H,14H2,1-2H3,(H,15,16);1H3/b;4-3-,10-9+,11-6+;. The van der Waals surface area contributed by atoms with E-state index in [0.717, 1.165) is 23.4 Å². The number of carbonyl (C=O) groups excluding carboxylic acids is 1. The van der Waals surface area contributed by atoms with Crippen LogP contribution in [-0.2, 0) is 0 Å². The fraction of sp³-hybridized carbons (Fsp3) is 0.172. The summed E-state index contributed by atoms with van der Waals surface area (Å²) in [6.07, 6.45) is 28.7. The van der Waals surface area contributed by atoms with Crippen molar-refractivity contribution in [2.75, 3.05) is 6.38 Å². The maximum atomic E-state index is 11.6. The molecule has 0 radical (unpaired) electrons. The third-order valence-electron chi connectivity index (χ3n) is 4.24. The van der Waals surface area contributed by atoms with E-state index >= 15 is 0 Å². The molecule has 0 saturated carbocycles. The summed E-state index contributed by atoms with van der Waals surface area (Å²) in [7, 11) is 0. The van der Waals surface area contributed by atoms with Gasteiger partial charge >= 0.3 is 0 Å². The molecule has 1 amide bonds. The molecule has 0 unspecified atom stereocenters.